The number of benzene rings is 2. The third-order valence-electron chi connectivity index (χ3n) is 3.22. The Morgan fingerprint density at radius 1 is 1.10 bits per heavy atom. The van der Waals surface area contributed by atoms with E-state index in [-0.39, 0.29) is 5.75 Å². The summed E-state index contributed by atoms with van der Waals surface area (Å²) in [5.41, 5.74) is 9.07. The van der Waals surface area contributed by atoms with Gasteiger partial charge in [-0.2, -0.15) is 0 Å². The molecule has 0 atom stereocenters. The Balaban J connectivity index is 1.89. The molecule has 0 aliphatic rings. The van der Waals surface area contributed by atoms with E-state index in [4.69, 9.17) is 5.73 Å². The van der Waals surface area contributed by atoms with Gasteiger partial charge in [0.05, 0.1) is 5.52 Å². The molecular weight excluding hydrogens is 250 g/mol. The average molecular weight is 265 g/mol. The van der Waals surface area contributed by atoms with E-state index in [1.807, 2.05) is 30.3 Å². The Labute approximate surface area is 116 Å². The van der Waals surface area contributed by atoms with Crippen LogP contribution in [-0.2, 0) is 6.54 Å². The van der Waals surface area contributed by atoms with Gasteiger partial charge in [-0.15, -0.1) is 0 Å². The first-order valence-electron chi connectivity index (χ1n) is 6.39. The summed E-state index contributed by atoms with van der Waals surface area (Å²) in [6, 6.07) is 14.9. The fourth-order valence-corrected chi connectivity index (χ4v) is 2.19. The molecule has 3 aromatic rings. The largest absolute Gasteiger partial charge is 0.508 e. The minimum absolute atomic E-state index is 0.241. The number of nitrogens with two attached hydrogens (primary N) is 1. The lowest BCUT2D eigenvalue weighted by Gasteiger charge is -2.11. The van der Waals surface area contributed by atoms with Crippen LogP contribution in [0.1, 0.15) is 5.56 Å². The van der Waals surface area contributed by atoms with Gasteiger partial charge in [0, 0.05) is 35.1 Å². The van der Waals surface area contributed by atoms with Crippen LogP contribution >= 0.6 is 0 Å². The molecule has 0 radical (unpaired) electrons. The fourth-order valence-electron chi connectivity index (χ4n) is 2.19. The molecular formula is C16H15N3O. The van der Waals surface area contributed by atoms with Crippen molar-refractivity contribution in [1.29, 1.82) is 0 Å². The average Bonchev–Trinajstić information content (AvgIpc) is 2.48. The minimum atomic E-state index is 0.241. The van der Waals surface area contributed by atoms with Crippen molar-refractivity contribution in [2.45, 2.75) is 6.54 Å². The molecule has 0 unspecified atom stereocenters. The monoisotopic (exact) mass is 265 g/mol. The molecule has 1 heterocycles. The Morgan fingerprint density at radius 2 is 1.95 bits per heavy atom. The number of hydrogen-bond acceptors (Lipinski definition) is 4. The van der Waals surface area contributed by atoms with Crippen molar-refractivity contribution in [3.63, 3.8) is 0 Å². The molecule has 4 nitrogen and oxygen atoms in total. The van der Waals surface area contributed by atoms with Crippen LogP contribution in [-0.4, -0.2) is 10.1 Å². The van der Waals surface area contributed by atoms with Crippen LogP contribution in [0.15, 0.2) is 54.7 Å². The zero-order valence-corrected chi connectivity index (χ0v) is 10.9. The number of phenolic OH excluding ortho intramolecular Hbond substituents is 1. The van der Waals surface area contributed by atoms with E-state index in [0.717, 1.165) is 22.2 Å². The minimum Gasteiger partial charge on any atom is -0.508 e. The van der Waals surface area contributed by atoms with E-state index in [1.165, 1.54) is 0 Å². The first kappa shape index (κ1) is 12.3. The molecule has 3 rings (SSSR count). The topological polar surface area (TPSA) is 71.2 Å². The van der Waals surface area contributed by atoms with Gasteiger partial charge >= 0.3 is 0 Å². The van der Waals surface area contributed by atoms with Gasteiger partial charge in [0.2, 0.25) is 0 Å². The quantitative estimate of drug-likeness (QED) is 0.502. The summed E-state index contributed by atoms with van der Waals surface area (Å²) in [6.45, 7) is 0.505. The Morgan fingerprint density at radius 3 is 2.85 bits per heavy atom. The molecule has 0 saturated heterocycles. The Hall–Kier alpha value is -2.75. The van der Waals surface area contributed by atoms with Crippen molar-refractivity contribution in [2.24, 2.45) is 0 Å². The van der Waals surface area contributed by atoms with Gasteiger partial charge in [0.1, 0.15) is 5.75 Å². The molecule has 2 aromatic carbocycles. The van der Waals surface area contributed by atoms with Crippen molar-refractivity contribution in [3.8, 4) is 5.75 Å². The van der Waals surface area contributed by atoms with Gasteiger partial charge in [0.15, 0.2) is 0 Å². The highest BCUT2D eigenvalue weighted by atomic mass is 16.3. The van der Waals surface area contributed by atoms with Gasteiger partial charge in [-0.3, -0.25) is 4.98 Å². The predicted octanol–water partition coefficient (Wildman–Crippen LogP) is 3.13. The van der Waals surface area contributed by atoms with Gasteiger partial charge in [-0.25, -0.2) is 0 Å². The summed E-state index contributed by atoms with van der Waals surface area (Å²) in [5.74, 6) is 0.241. The molecule has 0 aliphatic carbocycles. The molecule has 0 saturated carbocycles. The lowest BCUT2D eigenvalue weighted by molar-refractivity contribution is 0.469. The van der Waals surface area contributed by atoms with Gasteiger partial charge < -0.3 is 16.2 Å². The van der Waals surface area contributed by atoms with Crippen molar-refractivity contribution in [3.05, 3.63) is 60.3 Å². The number of pyridine rings is 1. The maximum Gasteiger partial charge on any atom is 0.120 e. The first-order valence-corrected chi connectivity index (χ1v) is 6.39. The molecule has 4 N–H and O–H groups in total. The standard InChI is InChI=1S/C16H15N3O/c17-12-5-6-16(20)11(9-12)10-19-15-7-8-18-14-4-2-1-3-13(14)15/h1-9,20H,10,17H2,(H,18,19). The third kappa shape index (κ3) is 2.36. The lowest BCUT2D eigenvalue weighted by Crippen LogP contribution is -2.01. The number of aromatic hydroxyl groups is 1. The summed E-state index contributed by atoms with van der Waals surface area (Å²) >= 11 is 0. The number of nitrogen functional groups attached to an aromatic ring is 1. The van der Waals surface area contributed by atoms with E-state index in [0.29, 0.717) is 12.2 Å². The van der Waals surface area contributed by atoms with Crippen LogP contribution < -0.4 is 11.1 Å². The van der Waals surface area contributed by atoms with Crippen molar-refractivity contribution >= 4 is 22.3 Å². The van der Waals surface area contributed by atoms with E-state index >= 15 is 0 Å². The normalized spacial score (nSPS) is 10.6. The summed E-state index contributed by atoms with van der Waals surface area (Å²) in [5, 5.41) is 14.2. The predicted molar refractivity (Wildman–Crippen MR) is 81.6 cm³/mol. The zero-order valence-electron chi connectivity index (χ0n) is 10.9. The van der Waals surface area contributed by atoms with E-state index in [1.54, 1.807) is 24.4 Å². The molecule has 100 valence electrons. The highest BCUT2D eigenvalue weighted by molar-refractivity contribution is 5.90. The molecule has 4 heteroatoms. The number of aromatic nitrogens is 1. The Kier molecular flexibility index (Phi) is 3.13. The zero-order chi connectivity index (χ0) is 13.9. The highest BCUT2D eigenvalue weighted by Crippen LogP contribution is 2.24. The number of nitrogens with one attached hydrogen (secondary N) is 1. The summed E-state index contributed by atoms with van der Waals surface area (Å²) in [7, 11) is 0. The van der Waals surface area contributed by atoms with Crippen LogP contribution in [0.3, 0.4) is 0 Å². The second kappa shape index (κ2) is 5.09. The summed E-state index contributed by atoms with van der Waals surface area (Å²) in [4.78, 5) is 4.32. The number of nitrogens with zero attached hydrogens (tertiary/aromatic N) is 1. The molecule has 0 amide bonds. The van der Waals surface area contributed by atoms with E-state index in [9.17, 15) is 5.11 Å². The maximum absolute atomic E-state index is 9.82. The third-order valence-corrected chi connectivity index (χ3v) is 3.22. The van der Waals surface area contributed by atoms with Crippen LogP contribution in [0.25, 0.3) is 10.9 Å². The summed E-state index contributed by atoms with van der Waals surface area (Å²) < 4.78 is 0. The molecule has 1 aromatic heterocycles. The van der Waals surface area contributed by atoms with Crippen LogP contribution in [0.5, 0.6) is 5.75 Å². The second-order valence-corrected chi connectivity index (χ2v) is 4.62. The lowest BCUT2D eigenvalue weighted by atomic mass is 10.1. The van der Waals surface area contributed by atoms with Gasteiger partial charge in [0.25, 0.3) is 0 Å². The first-order chi connectivity index (χ1) is 9.74. The van der Waals surface area contributed by atoms with Crippen LogP contribution in [0, 0.1) is 0 Å². The Bertz CT molecular complexity index is 750. The SMILES string of the molecule is Nc1ccc(O)c(CNc2ccnc3ccccc23)c1. The van der Waals surface area contributed by atoms with Crippen molar-refractivity contribution in [2.75, 3.05) is 11.1 Å². The van der Waals surface area contributed by atoms with Gasteiger partial charge in [-0.1, -0.05) is 18.2 Å². The number of hydrogen-bond donors (Lipinski definition) is 3. The number of phenols is 1. The summed E-state index contributed by atoms with van der Waals surface area (Å²) in [6.07, 6.45) is 1.77. The van der Waals surface area contributed by atoms with E-state index in [2.05, 4.69) is 10.3 Å². The molecule has 20 heavy (non-hydrogen) atoms. The molecule has 0 fully saturated rings. The second-order valence-electron chi connectivity index (χ2n) is 4.62. The number of anilines is 2. The van der Waals surface area contributed by atoms with Crippen LogP contribution in [0.4, 0.5) is 11.4 Å². The van der Waals surface area contributed by atoms with Gasteiger partial charge in [-0.05, 0) is 30.3 Å². The maximum atomic E-state index is 9.82. The van der Waals surface area contributed by atoms with Crippen LogP contribution in [0.2, 0.25) is 0 Å². The highest BCUT2D eigenvalue weighted by Gasteiger charge is 2.04. The van der Waals surface area contributed by atoms with E-state index < -0.39 is 0 Å². The molecule has 0 spiro atoms. The van der Waals surface area contributed by atoms with Crippen molar-refractivity contribution in [1.82, 2.24) is 4.98 Å². The smallest absolute Gasteiger partial charge is 0.120 e. The van der Waals surface area contributed by atoms with Crippen molar-refractivity contribution < 1.29 is 5.11 Å². The fraction of sp³-hybridized carbons (Fsp3) is 0.0625. The number of fused-ring (bicyclic) bond motifs is 1. The molecule has 0 aliphatic heterocycles. The molecule has 0 bridgehead atoms. The number of para-hydroxylation sites is 1. The number of rotatable bonds is 3.